The third-order valence-electron chi connectivity index (χ3n) is 13.8. The Hall–Kier alpha value is -9.68. The Bertz CT molecular complexity index is 3080. The van der Waals surface area contributed by atoms with Crippen molar-refractivity contribution in [1.29, 1.82) is 0 Å². The summed E-state index contributed by atoms with van der Waals surface area (Å²) in [4.78, 5) is 164. The molecular formula is C55H71N13O17. The topological polar surface area (TPSA) is 513 Å². The standard InChI is InChI=1S/C55H71N13O17/c1-27(70)46(55(84)85)67-51(80)38(23-30-25-60-35-6-3-2-5-33(30)35)64-53(82)42-7-4-20-68(42)54(83)40(22-29-10-14-32(72)15-11-29)65-52(81)41(26-69)66-50(79)39(24-45(59)75)63-49(78)37(21-28-8-12-31(71)13-9-28)62-48(77)36(17-19-44(58)74)61-47(76)34(56)16-18-43(57)73/h2-3,5-6,8-15,25,27,34,36-42,46,60,69-72H,4,7,16-24,26,56H2,1H3,(H2,57,73)(H2,58,74)(H2,59,75)(H,61,76)(H,62,77)(H,63,78)(H,64,82)(H,65,81)(H,66,79)(H,67,80)(H,84,85)/t27-,34+,36+,37+,38+,39+,40+,41+,42+,46+/m1/s1. The Balaban J connectivity index is 1.38. The van der Waals surface area contributed by atoms with Gasteiger partial charge in [-0.15, -0.1) is 0 Å². The number of aromatic hydroxyl groups is 2. The Kier molecular flexibility index (Phi) is 24.2. The maximum absolute atomic E-state index is 14.7. The molecule has 10 atom stereocenters. The number of likely N-dealkylation sites (tertiary alicyclic amines) is 1. The highest BCUT2D eigenvalue weighted by molar-refractivity contribution is 6.00. The minimum absolute atomic E-state index is 0.0485. The molecule has 458 valence electrons. The number of phenols is 2. The number of carbonyl (C=O) groups is 12. The second kappa shape index (κ2) is 31.1. The molecule has 1 aliphatic rings. The third-order valence-corrected chi connectivity index (χ3v) is 13.8. The lowest BCUT2D eigenvalue weighted by molar-refractivity contribution is -0.145. The van der Waals surface area contributed by atoms with Crippen LogP contribution in [0.25, 0.3) is 10.9 Å². The minimum atomic E-state index is -1.94. The number of nitrogens with two attached hydrogens (primary N) is 4. The highest BCUT2D eigenvalue weighted by atomic mass is 16.4. The Morgan fingerprint density at radius 2 is 1.09 bits per heavy atom. The zero-order valence-electron chi connectivity index (χ0n) is 46.2. The Labute approximate surface area is 485 Å². The number of hydrogen-bond acceptors (Lipinski definition) is 17. The lowest BCUT2D eigenvalue weighted by Gasteiger charge is -2.31. The molecule has 85 heavy (non-hydrogen) atoms. The van der Waals surface area contributed by atoms with Crippen molar-refractivity contribution in [2.75, 3.05) is 13.2 Å². The number of aliphatic hydroxyl groups excluding tert-OH is 2. The molecule has 4 aromatic rings. The molecule has 0 bridgehead atoms. The van der Waals surface area contributed by atoms with Crippen LogP contribution < -0.4 is 60.2 Å². The fraction of sp³-hybridized carbons (Fsp3) is 0.418. The van der Waals surface area contributed by atoms with Gasteiger partial charge < -0.3 is 95.6 Å². The van der Waals surface area contributed by atoms with E-state index >= 15 is 0 Å². The molecule has 1 saturated heterocycles. The molecule has 0 radical (unpaired) electrons. The van der Waals surface area contributed by atoms with Crippen LogP contribution in [0.1, 0.15) is 68.6 Å². The molecule has 1 aromatic heterocycles. The summed E-state index contributed by atoms with van der Waals surface area (Å²) >= 11 is 0. The maximum atomic E-state index is 14.7. The van der Waals surface area contributed by atoms with Crippen LogP contribution in [-0.4, -0.2) is 180 Å². The van der Waals surface area contributed by atoms with Gasteiger partial charge in [-0.2, -0.15) is 0 Å². The number of aromatic nitrogens is 1. The molecule has 5 rings (SSSR count). The number of hydrogen-bond donors (Lipinski definition) is 17. The summed E-state index contributed by atoms with van der Waals surface area (Å²) in [5, 5.41) is 67.8. The van der Waals surface area contributed by atoms with E-state index in [0.717, 1.165) is 11.8 Å². The number of H-pyrrole nitrogens is 1. The fourth-order valence-electron chi connectivity index (χ4n) is 9.25. The van der Waals surface area contributed by atoms with Crippen LogP contribution in [0.15, 0.2) is 79.0 Å². The summed E-state index contributed by atoms with van der Waals surface area (Å²) in [7, 11) is 0. The van der Waals surface area contributed by atoms with Crippen LogP contribution >= 0.6 is 0 Å². The smallest absolute Gasteiger partial charge is 0.328 e. The third kappa shape index (κ3) is 19.7. The number of phenolic OH excluding ortho intramolecular Hbond substituents is 2. The number of rotatable bonds is 32. The number of carboxylic acids is 1. The number of benzene rings is 3. The molecule has 21 N–H and O–H groups in total. The van der Waals surface area contributed by atoms with Gasteiger partial charge in [0.2, 0.25) is 65.0 Å². The van der Waals surface area contributed by atoms with E-state index in [9.17, 15) is 83.1 Å². The predicted octanol–water partition coefficient (Wildman–Crippen LogP) is -4.82. The second-order valence-corrected chi connectivity index (χ2v) is 20.4. The zero-order valence-corrected chi connectivity index (χ0v) is 46.2. The molecule has 3 aromatic carbocycles. The highest BCUT2D eigenvalue weighted by Gasteiger charge is 2.41. The van der Waals surface area contributed by atoms with E-state index in [1.54, 1.807) is 30.5 Å². The van der Waals surface area contributed by atoms with E-state index < -0.39 is 157 Å². The fourth-order valence-corrected chi connectivity index (χ4v) is 9.25. The quantitative estimate of drug-likeness (QED) is 0.0218. The summed E-state index contributed by atoms with van der Waals surface area (Å²) in [6, 6.07) is 3.21. The lowest BCUT2D eigenvalue weighted by atomic mass is 10.0. The van der Waals surface area contributed by atoms with Gasteiger partial charge in [-0.25, -0.2) is 4.79 Å². The molecular weight excluding hydrogens is 1110 g/mol. The van der Waals surface area contributed by atoms with Crippen molar-refractivity contribution < 1.29 is 83.1 Å². The van der Waals surface area contributed by atoms with Gasteiger partial charge in [0.25, 0.3) is 0 Å². The lowest BCUT2D eigenvalue weighted by Crippen LogP contribution is -2.61. The molecule has 30 heteroatoms. The first kappa shape index (κ1) is 66.1. The van der Waals surface area contributed by atoms with Crippen LogP contribution in [0.5, 0.6) is 11.5 Å². The van der Waals surface area contributed by atoms with Gasteiger partial charge >= 0.3 is 5.97 Å². The molecule has 11 amide bonds. The van der Waals surface area contributed by atoms with E-state index in [-0.39, 0.29) is 63.0 Å². The summed E-state index contributed by atoms with van der Waals surface area (Å²) in [6.07, 6.45) is -2.83. The number of fused-ring (bicyclic) bond motifs is 1. The first-order chi connectivity index (χ1) is 40.2. The Morgan fingerprint density at radius 3 is 1.67 bits per heavy atom. The van der Waals surface area contributed by atoms with Gasteiger partial charge in [-0.05, 0) is 79.6 Å². The van der Waals surface area contributed by atoms with Crippen LogP contribution in [0.4, 0.5) is 0 Å². The van der Waals surface area contributed by atoms with Gasteiger partial charge in [0.1, 0.15) is 53.8 Å². The van der Waals surface area contributed by atoms with E-state index in [0.29, 0.717) is 27.6 Å². The van der Waals surface area contributed by atoms with Gasteiger partial charge in [0, 0.05) is 55.7 Å². The van der Waals surface area contributed by atoms with Gasteiger partial charge in [0.05, 0.1) is 25.2 Å². The van der Waals surface area contributed by atoms with Crippen LogP contribution in [0.3, 0.4) is 0 Å². The van der Waals surface area contributed by atoms with E-state index in [1.807, 2.05) is 0 Å². The van der Waals surface area contributed by atoms with E-state index in [1.165, 1.54) is 48.5 Å². The number of aromatic amines is 1. The molecule has 1 fully saturated rings. The molecule has 0 saturated carbocycles. The SMILES string of the molecule is C[C@@H](O)[C@H](NC(=O)[C@H](Cc1c[nH]c2ccccc12)NC(=O)[C@@H]1CCCN1C(=O)[C@H](Cc1ccc(O)cc1)NC(=O)[C@H](CO)NC(=O)[C@H](CC(N)=O)NC(=O)[C@H](Cc1ccc(O)cc1)NC(=O)[C@H](CCC(N)=O)NC(=O)[C@@H](N)CCC(N)=O)C(=O)O. The predicted molar refractivity (Wildman–Crippen MR) is 299 cm³/mol. The monoisotopic (exact) mass is 1190 g/mol. The minimum Gasteiger partial charge on any atom is -0.508 e. The second-order valence-electron chi connectivity index (χ2n) is 20.4. The molecule has 0 spiro atoms. The number of para-hydroxylation sites is 1. The summed E-state index contributed by atoms with van der Waals surface area (Å²) in [5.74, 6) is -13.0. The molecule has 2 heterocycles. The van der Waals surface area contributed by atoms with Crippen LogP contribution in [0, 0.1) is 0 Å². The maximum Gasteiger partial charge on any atom is 0.328 e. The molecule has 1 aliphatic heterocycles. The van der Waals surface area contributed by atoms with Gasteiger partial charge in [-0.3, -0.25) is 52.7 Å². The highest BCUT2D eigenvalue weighted by Crippen LogP contribution is 2.23. The first-order valence-electron chi connectivity index (χ1n) is 26.9. The Morgan fingerprint density at radius 1 is 0.600 bits per heavy atom. The number of aliphatic hydroxyl groups is 2. The molecule has 30 nitrogen and oxygen atoms in total. The number of carbonyl (C=O) groups excluding carboxylic acids is 11. The average molecular weight is 1190 g/mol. The van der Waals surface area contributed by atoms with Gasteiger partial charge in [-0.1, -0.05) is 42.5 Å². The number of aliphatic carboxylic acids is 1. The largest absolute Gasteiger partial charge is 0.508 e. The normalized spacial score (nSPS) is 16.1. The van der Waals surface area contributed by atoms with Crippen molar-refractivity contribution in [2.24, 2.45) is 22.9 Å². The van der Waals surface area contributed by atoms with Crippen LogP contribution in [0.2, 0.25) is 0 Å². The number of amides is 11. The van der Waals surface area contributed by atoms with E-state index in [2.05, 4.69) is 42.2 Å². The van der Waals surface area contributed by atoms with E-state index in [4.69, 9.17) is 22.9 Å². The van der Waals surface area contributed by atoms with Crippen molar-refractivity contribution in [3.63, 3.8) is 0 Å². The number of primary amides is 3. The first-order valence-corrected chi connectivity index (χ1v) is 26.9. The zero-order chi connectivity index (χ0) is 62.7. The van der Waals surface area contributed by atoms with Crippen molar-refractivity contribution in [3.05, 3.63) is 95.7 Å². The summed E-state index contributed by atoms with van der Waals surface area (Å²) < 4.78 is 0. The average Bonchev–Trinajstić information content (AvgIpc) is 4.26. The van der Waals surface area contributed by atoms with Crippen molar-refractivity contribution in [2.45, 2.75) is 132 Å². The number of nitrogens with zero attached hydrogens (tertiary/aromatic N) is 1. The van der Waals surface area contributed by atoms with Crippen molar-refractivity contribution >= 4 is 81.9 Å². The number of nitrogens with one attached hydrogen (secondary N) is 8. The number of carboxylic acid groups (broad SMARTS) is 1. The molecule has 0 aliphatic carbocycles. The van der Waals surface area contributed by atoms with Gasteiger partial charge in [0.15, 0.2) is 6.04 Å². The van der Waals surface area contributed by atoms with Crippen molar-refractivity contribution in [1.82, 2.24) is 47.1 Å². The summed E-state index contributed by atoms with van der Waals surface area (Å²) in [6.45, 7) is -0.0631. The van der Waals surface area contributed by atoms with Crippen molar-refractivity contribution in [3.8, 4) is 11.5 Å². The molecule has 0 unspecified atom stereocenters. The van der Waals surface area contributed by atoms with Crippen LogP contribution in [-0.2, 0) is 76.8 Å². The summed E-state index contributed by atoms with van der Waals surface area (Å²) in [5.41, 5.74) is 23.8.